The fraction of sp³-hybridized carbons (Fsp3) is 0.733. The first-order valence-electron chi connectivity index (χ1n) is 7.21. The summed E-state index contributed by atoms with van der Waals surface area (Å²) < 4.78 is 5.29. The van der Waals surface area contributed by atoms with Crippen LogP contribution >= 0.6 is 0 Å². The van der Waals surface area contributed by atoms with Gasteiger partial charge in [-0.05, 0) is 19.3 Å². The molecule has 4 heteroatoms. The number of carbonyl (C=O) groups is 2. The Kier molecular flexibility index (Phi) is 10.9. The molecule has 0 aliphatic rings. The lowest BCUT2D eigenvalue weighted by Gasteiger charge is -2.16. The highest BCUT2D eigenvalue weighted by molar-refractivity contribution is 5.90. The molecule has 0 rings (SSSR count). The fourth-order valence-corrected chi connectivity index (χ4v) is 1.84. The molecule has 0 saturated carbocycles. The predicted molar refractivity (Wildman–Crippen MR) is 74.9 cm³/mol. The van der Waals surface area contributed by atoms with E-state index in [2.05, 4.69) is 13.8 Å². The van der Waals surface area contributed by atoms with E-state index in [9.17, 15) is 9.59 Å². The zero-order chi connectivity index (χ0) is 14.5. The molecule has 1 atom stereocenters. The van der Waals surface area contributed by atoms with Crippen molar-refractivity contribution in [3.63, 3.8) is 0 Å². The minimum absolute atomic E-state index is 0.0808. The molecule has 0 aromatic carbocycles. The third-order valence-electron chi connectivity index (χ3n) is 2.90. The van der Waals surface area contributed by atoms with Gasteiger partial charge in [-0.3, -0.25) is 0 Å². The highest BCUT2D eigenvalue weighted by atomic mass is 16.5. The highest BCUT2D eigenvalue weighted by Gasteiger charge is 2.12. The van der Waals surface area contributed by atoms with Crippen LogP contribution in [0.2, 0.25) is 0 Å². The third-order valence-corrected chi connectivity index (χ3v) is 2.90. The number of rotatable bonds is 11. The van der Waals surface area contributed by atoms with Crippen LogP contribution in [0.4, 0.5) is 0 Å². The van der Waals surface area contributed by atoms with Crippen molar-refractivity contribution in [2.45, 2.75) is 71.3 Å². The van der Waals surface area contributed by atoms with Crippen molar-refractivity contribution in [2.75, 3.05) is 0 Å². The molecule has 1 unspecified atom stereocenters. The van der Waals surface area contributed by atoms with Crippen LogP contribution < -0.4 is 0 Å². The smallest absolute Gasteiger partial charge is 0.331 e. The molecular formula is C15H26O4. The van der Waals surface area contributed by atoms with Crippen molar-refractivity contribution in [3.8, 4) is 0 Å². The Morgan fingerprint density at radius 3 is 2.21 bits per heavy atom. The molecule has 0 aromatic heterocycles. The molecule has 1 N–H and O–H groups in total. The summed E-state index contributed by atoms with van der Waals surface area (Å²) >= 11 is 0. The summed E-state index contributed by atoms with van der Waals surface area (Å²) in [4.78, 5) is 21.7. The van der Waals surface area contributed by atoms with E-state index in [1.54, 1.807) is 0 Å². The molecule has 110 valence electrons. The number of unbranched alkanes of at least 4 members (excludes halogenated alkanes) is 4. The van der Waals surface area contributed by atoms with Crippen LogP contribution in [0.1, 0.15) is 65.2 Å². The van der Waals surface area contributed by atoms with Gasteiger partial charge in [0.1, 0.15) is 6.10 Å². The molecule has 0 bridgehead atoms. The van der Waals surface area contributed by atoms with Crippen molar-refractivity contribution in [1.82, 2.24) is 0 Å². The number of hydrogen-bond donors (Lipinski definition) is 1. The second-order valence-corrected chi connectivity index (χ2v) is 4.72. The Morgan fingerprint density at radius 1 is 1.00 bits per heavy atom. The summed E-state index contributed by atoms with van der Waals surface area (Å²) in [7, 11) is 0. The summed E-state index contributed by atoms with van der Waals surface area (Å²) in [5.74, 6) is -1.69. The lowest BCUT2D eigenvalue weighted by molar-refractivity contribution is -0.144. The van der Waals surface area contributed by atoms with Crippen LogP contribution in [0.25, 0.3) is 0 Å². The van der Waals surface area contributed by atoms with Gasteiger partial charge in [-0.25, -0.2) is 9.59 Å². The molecule has 0 spiro atoms. The molecule has 19 heavy (non-hydrogen) atoms. The summed E-state index contributed by atoms with van der Waals surface area (Å²) in [6.07, 6.45) is 10.1. The number of carboxylic acids is 1. The van der Waals surface area contributed by atoms with Gasteiger partial charge >= 0.3 is 11.9 Å². The molecule has 0 amide bonds. The van der Waals surface area contributed by atoms with Crippen molar-refractivity contribution in [2.24, 2.45) is 0 Å². The quantitative estimate of drug-likeness (QED) is 0.353. The van der Waals surface area contributed by atoms with E-state index in [0.717, 1.165) is 50.7 Å². The van der Waals surface area contributed by atoms with Crippen molar-refractivity contribution >= 4 is 11.9 Å². The monoisotopic (exact) mass is 270 g/mol. The van der Waals surface area contributed by atoms with Gasteiger partial charge in [-0.1, -0.05) is 46.0 Å². The summed E-state index contributed by atoms with van der Waals surface area (Å²) in [6, 6.07) is 0. The highest BCUT2D eigenvalue weighted by Crippen LogP contribution is 2.14. The largest absolute Gasteiger partial charge is 0.478 e. The first-order chi connectivity index (χ1) is 9.10. The summed E-state index contributed by atoms with van der Waals surface area (Å²) in [5, 5.41) is 8.44. The minimum atomic E-state index is -1.13. The number of aliphatic carboxylic acids is 1. The number of carboxylic acid groups (broad SMARTS) is 1. The molecule has 0 radical (unpaired) electrons. The summed E-state index contributed by atoms with van der Waals surface area (Å²) in [6.45, 7) is 4.26. The van der Waals surface area contributed by atoms with Crippen LogP contribution in [-0.4, -0.2) is 23.1 Å². The zero-order valence-corrected chi connectivity index (χ0v) is 12.1. The van der Waals surface area contributed by atoms with Gasteiger partial charge in [0.05, 0.1) is 0 Å². The van der Waals surface area contributed by atoms with Gasteiger partial charge in [0.25, 0.3) is 0 Å². The van der Waals surface area contributed by atoms with E-state index >= 15 is 0 Å². The lowest BCUT2D eigenvalue weighted by Crippen LogP contribution is -2.17. The Morgan fingerprint density at radius 2 is 1.63 bits per heavy atom. The standard InChI is InChI=1S/C15H26O4/c1-3-5-7-8-10-13(9-6-4-2)19-15(18)12-11-14(16)17/h11-13H,3-10H2,1-2H3,(H,16,17). The third kappa shape index (κ3) is 11.5. The first kappa shape index (κ1) is 17.7. The Balaban J connectivity index is 4.09. The van der Waals surface area contributed by atoms with Crippen molar-refractivity contribution in [1.29, 1.82) is 0 Å². The molecular weight excluding hydrogens is 244 g/mol. The van der Waals surface area contributed by atoms with Crippen LogP contribution in [-0.2, 0) is 14.3 Å². The second kappa shape index (κ2) is 11.8. The molecule has 0 aliphatic heterocycles. The van der Waals surface area contributed by atoms with Gasteiger partial charge in [0.2, 0.25) is 0 Å². The Hall–Kier alpha value is -1.32. The van der Waals surface area contributed by atoms with E-state index in [0.29, 0.717) is 0 Å². The van der Waals surface area contributed by atoms with Gasteiger partial charge in [-0.2, -0.15) is 0 Å². The SMILES string of the molecule is CCCCCCC(CCCC)OC(=O)C=CC(=O)O. The molecule has 0 aromatic rings. The van der Waals surface area contributed by atoms with Crippen molar-refractivity contribution < 1.29 is 19.4 Å². The minimum Gasteiger partial charge on any atom is -0.478 e. The number of carbonyl (C=O) groups excluding carboxylic acids is 1. The van der Waals surface area contributed by atoms with Crippen LogP contribution in [0.3, 0.4) is 0 Å². The normalized spacial score (nSPS) is 12.5. The second-order valence-electron chi connectivity index (χ2n) is 4.72. The predicted octanol–water partition coefficient (Wildman–Crippen LogP) is 3.70. The lowest BCUT2D eigenvalue weighted by atomic mass is 10.0. The van der Waals surface area contributed by atoms with Gasteiger partial charge in [0.15, 0.2) is 0 Å². The first-order valence-corrected chi connectivity index (χ1v) is 7.21. The molecule has 0 fully saturated rings. The maximum Gasteiger partial charge on any atom is 0.331 e. The van der Waals surface area contributed by atoms with Crippen LogP contribution in [0, 0.1) is 0 Å². The molecule has 4 nitrogen and oxygen atoms in total. The Bertz CT molecular complexity index is 284. The van der Waals surface area contributed by atoms with E-state index in [-0.39, 0.29) is 6.10 Å². The maximum absolute atomic E-state index is 11.4. The van der Waals surface area contributed by atoms with E-state index in [1.165, 1.54) is 12.8 Å². The average molecular weight is 270 g/mol. The number of hydrogen-bond acceptors (Lipinski definition) is 3. The van der Waals surface area contributed by atoms with Crippen LogP contribution in [0.15, 0.2) is 12.2 Å². The van der Waals surface area contributed by atoms with Gasteiger partial charge in [0, 0.05) is 12.2 Å². The fourth-order valence-electron chi connectivity index (χ4n) is 1.84. The van der Waals surface area contributed by atoms with E-state index in [1.807, 2.05) is 0 Å². The molecule has 0 heterocycles. The number of esters is 1. The number of ether oxygens (including phenoxy) is 1. The van der Waals surface area contributed by atoms with Crippen molar-refractivity contribution in [3.05, 3.63) is 12.2 Å². The average Bonchev–Trinajstić information content (AvgIpc) is 2.38. The topological polar surface area (TPSA) is 63.6 Å². The molecule has 0 saturated heterocycles. The maximum atomic E-state index is 11.4. The van der Waals surface area contributed by atoms with Gasteiger partial charge in [-0.15, -0.1) is 0 Å². The zero-order valence-electron chi connectivity index (χ0n) is 12.1. The molecule has 0 aliphatic carbocycles. The van der Waals surface area contributed by atoms with Gasteiger partial charge < -0.3 is 9.84 Å². The van der Waals surface area contributed by atoms with Crippen LogP contribution in [0.5, 0.6) is 0 Å². The van der Waals surface area contributed by atoms with E-state index in [4.69, 9.17) is 9.84 Å². The Labute approximate surface area is 115 Å². The van der Waals surface area contributed by atoms with E-state index < -0.39 is 11.9 Å². The summed E-state index contributed by atoms with van der Waals surface area (Å²) in [5.41, 5.74) is 0.